The first-order valence-electron chi connectivity index (χ1n) is 12.1. The van der Waals surface area contributed by atoms with Crippen molar-refractivity contribution < 1.29 is 14.3 Å². The number of hydrogen-bond donors (Lipinski definition) is 1. The minimum absolute atomic E-state index is 0.00463. The van der Waals surface area contributed by atoms with Gasteiger partial charge in [-0.15, -0.1) is 0 Å². The molecular weight excluding hydrogens is 456 g/mol. The van der Waals surface area contributed by atoms with E-state index in [1.807, 2.05) is 75.4 Å². The van der Waals surface area contributed by atoms with E-state index in [4.69, 9.17) is 20.3 Å². The van der Waals surface area contributed by atoms with Crippen LogP contribution in [0.2, 0.25) is 0 Å². The number of nitrogens with two attached hydrogens (primary N) is 1. The number of ether oxygens (including phenoxy) is 2. The molecule has 1 aliphatic heterocycles. The topological polar surface area (TPSA) is 108 Å². The SMILES string of the molecule is CC(C)(C)OC(=O)N1CCCC(c2nn(-c3ccc(Oc4ccccc4)cc3)c3c(N)ncnc23)C1. The van der Waals surface area contributed by atoms with E-state index in [-0.39, 0.29) is 12.0 Å². The molecular formula is C27H30N6O3. The second-order valence-electron chi connectivity index (χ2n) is 9.93. The molecule has 0 aliphatic carbocycles. The number of aromatic nitrogens is 4. The summed E-state index contributed by atoms with van der Waals surface area (Å²) < 4.78 is 13.3. The number of piperidine rings is 1. The molecule has 1 unspecified atom stereocenters. The minimum atomic E-state index is -0.545. The number of amides is 1. The van der Waals surface area contributed by atoms with E-state index in [9.17, 15) is 4.79 Å². The van der Waals surface area contributed by atoms with Gasteiger partial charge in [-0.3, -0.25) is 0 Å². The predicted molar refractivity (Wildman–Crippen MR) is 137 cm³/mol. The van der Waals surface area contributed by atoms with Crippen LogP contribution in [0.4, 0.5) is 10.6 Å². The van der Waals surface area contributed by atoms with Crippen LogP contribution in [0.1, 0.15) is 45.2 Å². The Balaban J connectivity index is 1.45. The number of carbonyl (C=O) groups is 1. The zero-order valence-electron chi connectivity index (χ0n) is 20.7. The van der Waals surface area contributed by atoms with Crippen LogP contribution < -0.4 is 10.5 Å². The fraction of sp³-hybridized carbons (Fsp3) is 0.333. The molecule has 2 N–H and O–H groups in total. The molecule has 1 saturated heterocycles. The lowest BCUT2D eigenvalue weighted by molar-refractivity contribution is 0.0197. The highest BCUT2D eigenvalue weighted by molar-refractivity contribution is 5.88. The van der Waals surface area contributed by atoms with Gasteiger partial charge in [0.1, 0.15) is 34.5 Å². The van der Waals surface area contributed by atoms with Crippen molar-refractivity contribution in [3.63, 3.8) is 0 Å². The second-order valence-corrected chi connectivity index (χ2v) is 9.93. The van der Waals surface area contributed by atoms with Crippen LogP contribution in [-0.4, -0.2) is 49.4 Å². The molecule has 5 rings (SSSR count). The molecule has 3 heterocycles. The van der Waals surface area contributed by atoms with E-state index >= 15 is 0 Å². The number of carbonyl (C=O) groups excluding carboxylic acids is 1. The van der Waals surface area contributed by atoms with Crippen molar-refractivity contribution in [2.24, 2.45) is 0 Å². The number of para-hydroxylation sites is 1. The van der Waals surface area contributed by atoms with Crippen LogP contribution in [-0.2, 0) is 4.74 Å². The highest BCUT2D eigenvalue weighted by Gasteiger charge is 2.32. The number of nitrogen functional groups attached to an aromatic ring is 1. The monoisotopic (exact) mass is 486 g/mol. The fourth-order valence-corrected chi connectivity index (χ4v) is 4.43. The number of rotatable bonds is 4. The maximum absolute atomic E-state index is 12.7. The fourth-order valence-electron chi connectivity index (χ4n) is 4.43. The molecule has 1 amide bonds. The largest absolute Gasteiger partial charge is 0.457 e. The lowest BCUT2D eigenvalue weighted by atomic mass is 9.94. The molecule has 9 nitrogen and oxygen atoms in total. The van der Waals surface area contributed by atoms with Crippen molar-refractivity contribution in [2.45, 2.75) is 45.1 Å². The first-order valence-corrected chi connectivity index (χ1v) is 12.1. The van der Waals surface area contributed by atoms with Crippen LogP contribution in [0.15, 0.2) is 60.9 Å². The predicted octanol–water partition coefficient (Wildman–Crippen LogP) is 5.30. The van der Waals surface area contributed by atoms with E-state index in [0.717, 1.165) is 30.0 Å². The summed E-state index contributed by atoms with van der Waals surface area (Å²) in [6.45, 7) is 6.78. The van der Waals surface area contributed by atoms with Crippen LogP contribution >= 0.6 is 0 Å². The third-order valence-electron chi connectivity index (χ3n) is 6.03. The molecule has 36 heavy (non-hydrogen) atoms. The molecule has 2 aromatic carbocycles. The van der Waals surface area contributed by atoms with E-state index in [0.29, 0.717) is 35.7 Å². The lowest BCUT2D eigenvalue weighted by Gasteiger charge is -2.33. The Morgan fingerprint density at radius 1 is 1.03 bits per heavy atom. The van der Waals surface area contributed by atoms with Crippen molar-refractivity contribution in [2.75, 3.05) is 18.8 Å². The molecule has 0 bridgehead atoms. The second kappa shape index (κ2) is 9.49. The highest BCUT2D eigenvalue weighted by Crippen LogP contribution is 2.34. The van der Waals surface area contributed by atoms with Gasteiger partial charge in [-0.05, 0) is 70.0 Å². The van der Waals surface area contributed by atoms with Crippen molar-refractivity contribution in [3.8, 4) is 17.2 Å². The highest BCUT2D eigenvalue weighted by atomic mass is 16.6. The number of fused-ring (bicyclic) bond motifs is 1. The molecule has 186 valence electrons. The quantitative estimate of drug-likeness (QED) is 0.417. The Hall–Kier alpha value is -4.14. The molecule has 2 aromatic heterocycles. The first kappa shape index (κ1) is 23.6. The Morgan fingerprint density at radius 3 is 2.47 bits per heavy atom. The smallest absolute Gasteiger partial charge is 0.410 e. The van der Waals surface area contributed by atoms with Crippen molar-refractivity contribution in [1.82, 2.24) is 24.6 Å². The third-order valence-corrected chi connectivity index (χ3v) is 6.03. The summed E-state index contributed by atoms with van der Waals surface area (Å²) in [5.41, 5.74) is 8.71. The molecule has 1 aliphatic rings. The molecule has 1 atom stereocenters. The Morgan fingerprint density at radius 2 is 1.75 bits per heavy atom. The number of benzene rings is 2. The average Bonchev–Trinajstić information content (AvgIpc) is 3.25. The lowest BCUT2D eigenvalue weighted by Crippen LogP contribution is -2.42. The van der Waals surface area contributed by atoms with Crippen molar-refractivity contribution in [1.29, 1.82) is 0 Å². The van der Waals surface area contributed by atoms with Gasteiger partial charge in [0.25, 0.3) is 0 Å². The molecule has 1 fully saturated rings. The zero-order chi connectivity index (χ0) is 25.3. The van der Waals surface area contributed by atoms with E-state index < -0.39 is 5.60 Å². The molecule has 0 saturated carbocycles. The summed E-state index contributed by atoms with van der Waals surface area (Å²) in [5, 5.41) is 4.94. The van der Waals surface area contributed by atoms with E-state index in [1.165, 1.54) is 6.33 Å². The van der Waals surface area contributed by atoms with Crippen LogP contribution in [0, 0.1) is 0 Å². The van der Waals surface area contributed by atoms with Crippen LogP contribution in [0.3, 0.4) is 0 Å². The Kier molecular flexibility index (Phi) is 6.22. The van der Waals surface area contributed by atoms with E-state index in [2.05, 4.69) is 9.97 Å². The van der Waals surface area contributed by atoms with Crippen LogP contribution in [0.5, 0.6) is 11.5 Å². The van der Waals surface area contributed by atoms with Crippen molar-refractivity contribution in [3.05, 3.63) is 66.6 Å². The van der Waals surface area contributed by atoms with Crippen molar-refractivity contribution >= 4 is 22.9 Å². The van der Waals surface area contributed by atoms with Gasteiger partial charge in [0.15, 0.2) is 5.82 Å². The standard InChI is InChI=1S/C27H30N6O3/c1-27(2,3)36-26(34)32-15-7-8-18(16-32)22-23-24(25(28)30-17-29-23)33(31-22)19-11-13-21(14-12-19)35-20-9-5-4-6-10-20/h4-6,9-14,17-18H,7-8,15-16H2,1-3H3,(H2,28,29,30). The summed E-state index contributed by atoms with van der Waals surface area (Å²) in [6, 6.07) is 17.2. The zero-order valence-corrected chi connectivity index (χ0v) is 20.7. The summed E-state index contributed by atoms with van der Waals surface area (Å²) in [6.07, 6.45) is 2.89. The number of likely N-dealkylation sites (tertiary alicyclic amines) is 1. The summed E-state index contributed by atoms with van der Waals surface area (Å²) in [5.74, 6) is 1.83. The normalized spacial score (nSPS) is 16.2. The van der Waals surface area contributed by atoms with Gasteiger partial charge in [0.2, 0.25) is 0 Å². The number of hydrogen-bond acceptors (Lipinski definition) is 7. The summed E-state index contributed by atoms with van der Waals surface area (Å²) in [7, 11) is 0. The van der Waals surface area contributed by atoms with Gasteiger partial charge in [0, 0.05) is 19.0 Å². The Bertz CT molecular complexity index is 1360. The Labute approximate surface area is 209 Å². The molecule has 9 heteroatoms. The van der Waals surface area contributed by atoms with Gasteiger partial charge >= 0.3 is 6.09 Å². The van der Waals surface area contributed by atoms with Crippen LogP contribution in [0.25, 0.3) is 16.7 Å². The maximum atomic E-state index is 12.7. The third kappa shape index (κ3) is 4.95. The molecule has 4 aromatic rings. The maximum Gasteiger partial charge on any atom is 0.410 e. The minimum Gasteiger partial charge on any atom is -0.457 e. The van der Waals surface area contributed by atoms with Gasteiger partial charge in [-0.25, -0.2) is 19.4 Å². The van der Waals surface area contributed by atoms with Gasteiger partial charge in [0.05, 0.1) is 11.4 Å². The number of nitrogens with zero attached hydrogens (tertiary/aromatic N) is 5. The first-order chi connectivity index (χ1) is 17.3. The summed E-state index contributed by atoms with van der Waals surface area (Å²) in [4.78, 5) is 23.2. The number of anilines is 1. The molecule has 0 radical (unpaired) electrons. The van der Waals surface area contributed by atoms with Gasteiger partial charge in [-0.2, -0.15) is 5.10 Å². The average molecular weight is 487 g/mol. The van der Waals surface area contributed by atoms with Gasteiger partial charge < -0.3 is 20.1 Å². The van der Waals surface area contributed by atoms with Gasteiger partial charge in [-0.1, -0.05) is 18.2 Å². The summed E-state index contributed by atoms with van der Waals surface area (Å²) >= 11 is 0. The van der Waals surface area contributed by atoms with E-state index in [1.54, 1.807) is 9.58 Å². The molecule has 0 spiro atoms.